The number of ether oxygens (including phenoxy) is 3. The summed E-state index contributed by atoms with van der Waals surface area (Å²) in [6, 6.07) is 14.8. The van der Waals surface area contributed by atoms with Crippen molar-refractivity contribution in [2.45, 2.75) is 26.1 Å². The Kier molecular flexibility index (Phi) is 10.7. The largest absolute Gasteiger partial charge is 0.497 e. The second-order valence-corrected chi connectivity index (χ2v) is 11.7. The standard InChI is InChI=1S/C35H37F3N6O5/c1-22-5-7-24(29(45)18-23-6-8-25(27(17-23)35(36,37)38)21-43-15-13-42(2)14-16-43)19-30(22)49-34(46)44(32-11-12-40-33(39)41-32)28-10-9-26(47-3)20-31(28)48-4/h5-12,17,19-20H,13-16,18,21H2,1-4H3,(H2,39,40,41). The second kappa shape index (κ2) is 14.9. The van der Waals surface area contributed by atoms with Crippen molar-refractivity contribution >= 4 is 29.3 Å². The Balaban J connectivity index is 1.39. The molecule has 49 heavy (non-hydrogen) atoms. The van der Waals surface area contributed by atoms with E-state index < -0.39 is 23.6 Å². The molecule has 0 spiro atoms. The van der Waals surface area contributed by atoms with Crippen LogP contribution in [0.2, 0.25) is 0 Å². The number of aryl methyl sites for hydroxylation is 1. The van der Waals surface area contributed by atoms with Gasteiger partial charge in [-0.05, 0) is 54.9 Å². The number of halogens is 3. The average Bonchev–Trinajstić information content (AvgIpc) is 3.07. The molecule has 0 bridgehead atoms. The summed E-state index contributed by atoms with van der Waals surface area (Å²) in [4.78, 5) is 40.6. The molecule has 2 heterocycles. The highest BCUT2D eigenvalue weighted by molar-refractivity contribution is 6.00. The number of hydrogen-bond donors (Lipinski definition) is 1. The number of alkyl halides is 3. The van der Waals surface area contributed by atoms with Crippen LogP contribution in [0.25, 0.3) is 0 Å². The van der Waals surface area contributed by atoms with Crippen LogP contribution in [-0.2, 0) is 19.1 Å². The zero-order valence-corrected chi connectivity index (χ0v) is 27.6. The number of likely N-dealkylation sites (N-methyl/N-ethyl adjacent to an activating group) is 1. The number of amides is 1. The van der Waals surface area contributed by atoms with Crippen LogP contribution >= 0.6 is 0 Å². The molecule has 3 aromatic carbocycles. The number of Topliss-reactive ketones (excluding diaryl/α,β-unsaturated/α-hetero) is 1. The van der Waals surface area contributed by atoms with E-state index in [0.717, 1.165) is 24.1 Å². The van der Waals surface area contributed by atoms with Crippen LogP contribution in [0.5, 0.6) is 17.2 Å². The quantitative estimate of drug-likeness (QED) is 0.203. The minimum atomic E-state index is -4.58. The first-order valence-electron chi connectivity index (χ1n) is 15.4. The highest BCUT2D eigenvalue weighted by Crippen LogP contribution is 2.37. The lowest BCUT2D eigenvalue weighted by Gasteiger charge is -2.33. The lowest BCUT2D eigenvalue weighted by molar-refractivity contribution is -0.138. The number of benzene rings is 3. The van der Waals surface area contributed by atoms with Gasteiger partial charge in [0.1, 0.15) is 23.1 Å². The summed E-state index contributed by atoms with van der Waals surface area (Å²) in [6.07, 6.45) is -4.40. The Bertz CT molecular complexity index is 1830. The van der Waals surface area contributed by atoms with E-state index >= 15 is 0 Å². The molecule has 0 saturated carbocycles. The third kappa shape index (κ3) is 8.45. The van der Waals surface area contributed by atoms with Crippen molar-refractivity contribution in [2.75, 3.05) is 58.1 Å². The number of rotatable bonds is 10. The van der Waals surface area contributed by atoms with Crippen LogP contribution in [0.1, 0.15) is 32.6 Å². The van der Waals surface area contributed by atoms with Crippen LogP contribution in [-0.4, -0.2) is 79.1 Å². The van der Waals surface area contributed by atoms with Crippen molar-refractivity contribution in [2.24, 2.45) is 0 Å². The fraction of sp³-hybridized carbons (Fsp3) is 0.314. The summed E-state index contributed by atoms with van der Waals surface area (Å²) in [5.74, 6) is 0.352. The number of aromatic nitrogens is 2. The number of hydrogen-bond acceptors (Lipinski definition) is 10. The van der Waals surface area contributed by atoms with E-state index in [2.05, 4.69) is 14.9 Å². The monoisotopic (exact) mass is 678 g/mol. The molecular formula is C35H37F3N6O5. The minimum Gasteiger partial charge on any atom is -0.497 e. The van der Waals surface area contributed by atoms with Gasteiger partial charge in [-0.15, -0.1) is 0 Å². The molecule has 14 heteroatoms. The first kappa shape index (κ1) is 35.1. The molecule has 0 unspecified atom stereocenters. The lowest BCUT2D eigenvalue weighted by atomic mass is 9.97. The minimum absolute atomic E-state index is 0.0638. The number of methoxy groups -OCH3 is 2. The molecule has 5 rings (SSSR count). The number of ketones is 1. The van der Waals surface area contributed by atoms with Crippen LogP contribution in [0.3, 0.4) is 0 Å². The summed E-state index contributed by atoms with van der Waals surface area (Å²) >= 11 is 0. The fourth-order valence-electron chi connectivity index (χ4n) is 5.47. The summed E-state index contributed by atoms with van der Waals surface area (Å²) in [7, 11) is 4.90. The van der Waals surface area contributed by atoms with Gasteiger partial charge < -0.3 is 24.8 Å². The zero-order chi connectivity index (χ0) is 35.3. The summed E-state index contributed by atoms with van der Waals surface area (Å²) in [6.45, 7) is 4.77. The molecular weight excluding hydrogens is 641 g/mol. The molecule has 1 aliphatic heterocycles. The second-order valence-electron chi connectivity index (χ2n) is 11.7. The maximum Gasteiger partial charge on any atom is 0.425 e. The first-order chi connectivity index (χ1) is 23.4. The molecule has 1 fully saturated rings. The molecule has 1 aliphatic rings. The van der Waals surface area contributed by atoms with Crippen LogP contribution in [0.15, 0.2) is 66.9 Å². The molecule has 1 saturated heterocycles. The Morgan fingerprint density at radius 2 is 1.69 bits per heavy atom. The van der Waals surface area contributed by atoms with Gasteiger partial charge in [0.15, 0.2) is 5.78 Å². The smallest absolute Gasteiger partial charge is 0.425 e. The third-order valence-corrected chi connectivity index (χ3v) is 8.24. The molecule has 0 atom stereocenters. The predicted molar refractivity (Wildman–Crippen MR) is 178 cm³/mol. The van der Waals surface area contributed by atoms with E-state index in [-0.39, 0.29) is 58.6 Å². The summed E-state index contributed by atoms with van der Waals surface area (Å²) < 4.78 is 59.0. The van der Waals surface area contributed by atoms with Gasteiger partial charge >= 0.3 is 12.3 Å². The summed E-state index contributed by atoms with van der Waals surface area (Å²) in [5, 5.41) is 0. The van der Waals surface area contributed by atoms with Crippen LogP contribution < -0.4 is 24.8 Å². The number of nitrogens with two attached hydrogens (primary N) is 1. The summed E-state index contributed by atoms with van der Waals surface area (Å²) in [5.41, 5.74) is 6.39. The van der Waals surface area contributed by atoms with Gasteiger partial charge in [0.2, 0.25) is 5.95 Å². The van der Waals surface area contributed by atoms with E-state index in [0.29, 0.717) is 24.4 Å². The first-order valence-corrected chi connectivity index (χ1v) is 15.4. The van der Waals surface area contributed by atoms with Crippen LogP contribution in [0.4, 0.5) is 35.4 Å². The SMILES string of the molecule is COc1ccc(N(C(=O)Oc2cc(C(=O)Cc3ccc(CN4CCN(C)CC4)c(C(F)(F)F)c3)ccc2C)c2ccnc(N)n2)c(OC)c1. The number of carbonyl (C=O) groups excluding carboxylic acids is 2. The zero-order valence-electron chi connectivity index (χ0n) is 27.6. The Hall–Kier alpha value is -5.21. The molecule has 4 aromatic rings. The van der Waals surface area contributed by atoms with Crippen molar-refractivity contribution in [3.63, 3.8) is 0 Å². The van der Waals surface area contributed by atoms with Crippen molar-refractivity contribution < 1.29 is 37.0 Å². The number of nitrogen functional groups attached to an aromatic ring is 1. The van der Waals surface area contributed by atoms with E-state index in [4.69, 9.17) is 19.9 Å². The van der Waals surface area contributed by atoms with Gasteiger partial charge in [-0.2, -0.15) is 18.2 Å². The van der Waals surface area contributed by atoms with E-state index in [1.54, 1.807) is 37.3 Å². The van der Waals surface area contributed by atoms with Gasteiger partial charge in [0, 0.05) is 63.0 Å². The van der Waals surface area contributed by atoms with Gasteiger partial charge in [0.25, 0.3) is 0 Å². The fourth-order valence-corrected chi connectivity index (χ4v) is 5.47. The lowest BCUT2D eigenvalue weighted by Crippen LogP contribution is -2.44. The molecule has 0 radical (unpaired) electrons. The van der Waals surface area contributed by atoms with Gasteiger partial charge in [-0.25, -0.2) is 14.7 Å². The maximum absolute atomic E-state index is 14.1. The number of nitrogens with zero attached hydrogens (tertiary/aromatic N) is 5. The average molecular weight is 679 g/mol. The van der Waals surface area contributed by atoms with Gasteiger partial charge in [0.05, 0.1) is 25.5 Å². The number of anilines is 3. The topological polar surface area (TPSA) is 123 Å². The van der Waals surface area contributed by atoms with Crippen molar-refractivity contribution in [1.29, 1.82) is 0 Å². The maximum atomic E-state index is 14.1. The Labute approximate surface area is 282 Å². The van der Waals surface area contributed by atoms with Crippen LogP contribution in [0, 0.1) is 6.92 Å². The highest BCUT2D eigenvalue weighted by Gasteiger charge is 2.34. The predicted octanol–water partition coefficient (Wildman–Crippen LogP) is 5.91. The Morgan fingerprint density at radius 1 is 0.939 bits per heavy atom. The highest BCUT2D eigenvalue weighted by atomic mass is 19.4. The molecule has 2 N–H and O–H groups in total. The molecule has 0 aliphatic carbocycles. The van der Waals surface area contributed by atoms with Crippen molar-refractivity contribution in [3.05, 3.63) is 94.7 Å². The molecule has 11 nitrogen and oxygen atoms in total. The van der Waals surface area contributed by atoms with Crippen molar-refractivity contribution in [1.82, 2.24) is 19.8 Å². The van der Waals surface area contributed by atoms with E-state index in [9.17, 15) is 22.8 Å². The normalized spacial score (nSPS) is 13.9. The molecule has 258 valence electrons. The van der Waals surface area contributed by atoms with Gasteiger partial charge in [-0.1, -0.05) is 24.3 Å². The Morgan fingerprint density at radius 3 is 2.37 bits per heavy atom. The number of carbonyl (C=O) groups is 2. The molecule has 1 aromatic heterocycles. The van der Waals surface area contributed by atoms with Crippen molar-refractivity contribution in [3.8, 4) is 17.2 Å². The number of piperazine rings is 1. The van der Waals surface area contributed by atoms with Gasteiger partial charge in [-0.3, -0.25) is 9.69 Å². The van der Waals surface area contributed by atoms with E-state index in [1.165, 1.54) is 44.7 Å². The third-order valence-electron chi connectivity index (χ3n) is 8.24. The molecule has 1 amide bonds. The van der Waals surface area contributed by atoms with E-state index in [1.807, 2.05) is 11.9 Å².